The summed E-state index contributed by atoms with van der Waals surface area (Å²) in [6, 6.07) is 5.11. The van der Waals surface area contributed by atoms with Crippen molar-refractivity contribution in [1.82, 2.24) is 4.31 Å². The molecule has 1 unspecified atom stereocenters. The molecule has 0 radical (unpaired) electrons. The van der Waals surface area contributed by atoms with Gasteiger partial charge in [-0.2, -0.15) is 9.57 Å². The third-order valence-corrected chi connectivity index (χ3v) is 5.81. The molecule has 0 aromatic heterocycles. The zero-order chi connectivity index (χ0) is 15.5. The summed E-state index contributed by atoms with van der Waals surface area (Å²) in [6.45, 7) is 2.53. The molecule has 21 heavy (non-hydrogen) atoms. The van der Waals surface area contributed by atoms with Crippen LogP contribution in [0, 0.1) is 17.1 Å². The van der Waals surface area contributed by atoms with Gasteiger partial charge in [-0.05, 0) is 37.5 Å². The molecule has 0 bridgehead atoms. The first-order chi connectivity index (χ1) is 10.0. The van der Waals surface area contributed by atoms with Gasteiger partial charge < -0.3 is 0 Å². The van der Waals surface area contributed by atoms with E-state index in [9.17, 15) is 12.8 Å². The van der Waals surface area contributed by atoms with E-state index in [0.717, 1.165) is 44.2 Å². The second-order valence-electron chi connectivity index (χ2n) is 5.31. The van der Waals surface area contributed by atoms with Gasteiger partial charge in [-0.15, -0.1) is 0 Å². The number of nitrogens with zero attached hydrogens (tertiary/aromatic N) is 2. The minimum absolute atomic E-state index is 0.00320. The first kappa shape index (κ1) is 15.9. The Morgan fingerprint density at radius 2 is 2.19 bits per heavy atom. The molecule has 0 saturated carbocycles. The molecular weight excluding hydrogens is 291 g/mol. The molecule has 1 fully saturated rings. The molecule has 114 valence electrons. The summed E-state index contributed by atoms with van der Waals surface area (Å²) in [5, 5.41) is 8.86. The highest BCUT2D eigenvalue weighted by atomic mass is 32.2. The van der Waals surface area contributed by atoms with Crippen LogP contribution >= 0.6 is 0 Å². The summed E-state index contributed by atoms with van der Waals surface area (Å²) in [6.07, 6.45) is 4.48. The lowest BCUT2D eigenvalue weighted by Gasteiger charge is -2.34. The Morgan fingerprint density at radius 3 is 2.86 bits per heavy atom. The normalized spacial score (nSPS) is 20.1. The molecule has 6 heteroatoms. The van der Waals surface area contributed by atoms with Crippen LogP contribution in [0.15, 0.2) is 23.1 Å². The average Bonchev–Trinajstić information content (AvgIpc) is 2.48. The second-order valence-corrected chi connectivity index (χ2v) is 7.20. The molecule has 1 aliphatic heterocycles. The standard InChI is InChI=1S/C15H19FN2O2S/c1-2-5-13-6-3-4-9-18(13)21(19,20)14-7-8-15(16)12(10-14)11-17/h7-8,10,13H,2-6,9H2,1H3. The summed E-state index contributed by atoms with van der Waals surface area (Å²) in [5.41, 5.74) is -0.236. The number of hydrogen-bond acceptors (Lipinski definition) is 3. The third-order valence-electron chi connectivity index (χ3n) is 3.86. The van der Waals surface area contributed by atoms with Gasteiger partial charge in [0, 0.05) is 12.6 Å². The summed E-state index contributed by atoms with van der Waals surface area (Å²) in [4.78, 5) is 0.00320. The maximum atomic E-state index is 13.4. The number of hydrogen-bond donors (Lipinski definition) is 0. The molecule has 0 spiro atoms. The maximum Gasteiger partial charge on any atom is 0.243 e. The van der Waals surface area contributed by atoms with E-state index >= 15 is 0 Å². The molecule has 0 aliphatic carbocycles. The molecule has 1 saturated heterocycles. The molecule has 1 atom stereocenters. The SMILES string of the molecule is CCCC1CCCCN1S(=O)(=O)c1ccc(F)c(C#N)c1. The van der Waals surface area contributed by atoms with Gasteiger partial charge in [0.25, 0.3) is 0 Å². The van der Waals surface area contributed by atoms with Crippen molar-refractivity contribution in [3.05, 3.63) is 29.6 Å². The molecule has 1 heterocycles. The second kappa shape index (κ2) is 6.54. The summed E-state index contributed by atoms with van der Waals surface area (Å²) in [7, 11) is -3.67. The van der Waals surface area contributed by atoms with E-state index in [1.54, 1.807) is 6.07 Å². The number of halogens is 1. The highest BCUT2D eigenvalue weighted by molar-refractivity contribution is 7.89. The Balaban J connectivity index is 2.38. The minimum Gasteiger partial charge on any atom is -0.207 e. The fourth-order valence-corrected chi connectivity index (χ4v) is 4.55. The third kappa shape index (κ3) is 3.25. The van der Waals surface area contributed by atoms with Crippen molar-refractivity contribution in [1.29, 1.82) is 5.26 Å². The minimum atomic E-state index is -3.67. The highest BCUT2D eigenvalue weighted by Crippen LogP contribution is 2.28. The van der Waals surface area contributed by atoms with Crippen molar-refractivity contribution in [2.24, 2.45) is 0 Å². The summed E-state index contributed by atoms with van der Waals surface area (Å²) >= 11 is 0. The van der Waals surface area contributed by atoms with Gasteiger partial charge in [0.1, 0.15) is 11.9 Å². The lowest BCUT2D eigenvalue weighted by molar-refractivity contribution is 0.239. The largest absolute Gasteiger partial charge is 0.243 e. The number of benzene rings is 1. The van der Waals surface area contributed by atoms with Gasteiger partial charge in [0.2, 0.25) is 10.0 Å². The van der Waals surface area contributed by atoms with Crippen LogP contribution in [0.4, 0.5) is 4.39 Å². The van der Waals surface area contributed by atoms with Crippen LogP contribution in [-0.2, 0) is 10.0 Å². The maximum absolute atomic E-state index is 13.4. The Kier molecular flexibility index (Phi) is 4.96. The van der Waals surface area contributed by atoms with E-state index in [1.807, 2.05) is 6.92 Å². The van der Waals surface area contributed by atoms with E-state index in [4.69, 9.17) is 5.26 Å². The number of sulfonamides is 1. The Hall–Kier alpha value is -1.45. The summed E-state index contributed by atoms with van der Waals surface area (Å²) < 4.78 is 40.4. The topological polar surface area (TPSA) is 61.2 Å². The Labute approximate surface area is 125 Å². The van der Waals surface area contributed by atoms with E-state index in [0.29, 0.717) is 6.54 Å². The van der Waals surface area contributed by atoms with Gasteiger partial charge in [-0.1, -0.05) is 19.8 Å². The number of piperidine rings is 1. The van der Waals surface area contributed by atoms with Crippen molar-refractivity contribution in [3.63, 3.8) is 0 Å². The predicted molar refractivity (Wildman–Crippen MR) is 77.6 cm³/mol. The monoisotopic (exact) mass is 310 g/mol. The molecule has 4 nitrogen and oxygen atoms in total. The van der Waals surface area contributed by atoms with Crippen LogP contribution in [0.25, 0.3) is 0 Å². The zero-order valence-electron chi connectivity index (χ0n) is 12.0. The molecule has 0 amide bonds. The van der Waals surface area contributed by atoms with Crippen molar-refractivity contribution < 1.29 is 12.8 Å². The number of nitriles is 1. The van der Waals surface area contributed by atoms with Crippen LogP contribution < -0.4 is 0 Å². The van der Waals surface area contributed by atoms with E-state index in [1.165, 1.54) is 10.4 Å². The lowest BCUT2D eigenvalue weighted by atomic mass is 10.0. The number of rotatable bonds is 4. The van der Waals surface area contributed by atoms with Crippen LogP contribution in [0.5, 0.6) is 0 Å². The van der Waals surface area contributed by atoms with Gasteiger partial charge >= 0.3 is 0 Å². The van der Waals surface area contributed by atoms with Gasteiger partial charge in [0.05, 0.1) is 10.5 Å². The lowest BCUT2D eigenvalue weighted by Crippen LogP contribution is -2.43. The zero-order valence-corrected chi connectivity index (χ0v) is 12.9. The van der Waals surface area contributed by atoms with Crippen molar-refractivity contribution >= 4 is 10.0 Å². The van der Waals surface area contributed by atoms with Crippen molar-refractivity contribution in [2.75, 3.05) is 6.54 Å². The van der Waals surface area contributed by atoms with Gasteiger partial charge in [-0.25, -0.2) is 12.8 Å². The Morgan fingerprint density at radius 1 is 1.43 bits per heavy atom. The van der Waals surface area contributed by atoms with Crippen LogP contribution in [0.2, 0.25) is 0 Å². The fraction of sp³-hybridized carbons (Fsp3) is 0.533. The summed E-state index contributed by atoms with van der Waals surface area (Å²) in [5.74, 6) is -0.694. The van der Waals surface area contributed by atoms with E-state index in [2.05, 4.69) is 0 Å². The van der Waals surface area contributed by atoms with E-state index < -0.39 is 15.8 Å². The van der Waals surface area contributed by atoms with Crippen molar-refractivity contribution in [3.8, 4) is 6.07 Å². The highest BCUT2D eigenvalue weighted by Gasteiger charge is 2.33. The van der Waals surface area contributed by atoms with Crippen LogP contribution in [0.3, 0.4) is 0 Å². The molecule has 0 N–H and O–H groups in total. The molecular formula is C15H19FN2O2S. The van der Waals surface area contributed by atoms with E-state index in [-0.39, 0.29) is 16.5 Å². The quantitative estimate of drug-likeness (QED) is 0.858. The fourth-order valence-electron chi connectivity index (χ4n) is 2.80. The van der Waals surface area contributed by atoms with Crippen LogP contribution in [0.1, 0.15) is 44.6 Å². The smallest absolute Gasteiger partial charge is 0.207 e. The van der Waals surface area contributed by atoms with Gasteiger partial charge in [0.15, 0.2) is 0 Å². The molecule has 1 aliphatic rings. The molecule has 1 aromatic carbocycles. The van der Waals surface area contributed by atoms with Gasteiger partial charge in [-0.3, -0.25) is 0 Å². The predicted octanol–water partition coefficient (Wildman–Crippen LogP) is 3.04. The van der Waals surface area contributed by atoms with Crippen LogP contribution in [-0.4, -0.2) is 25.3 Å². The Bertz CT molecular complexity index is 650. The first-order valence-corrected chi connectivity index (χ1v) is 8.66. The molecule has 1 aromatic rings. The van der Waals surface area contributed by atoms with Crippen molar-refractivity contribution in [2.45, 2.75) is 50.0 Å². The average molecular weight is 310 g/mol. The molecule has 2 rings (SSSR count). The first-order valence-electron chi connectivity index (χ1n) is 7.22.